The van der Waals surface area contributed by atoms with Gasteiger partial charge in [-0.3, -0.25) is 9.69 Å². The number of hydrogen-bond donors (Lipinski definition) is 0. The summed E-state index contributed by atoms with van der Waals surface area (Å²) in [6.45, 7) is 4.49. The van der Waals surface area contributed by atoms with E-state index >= 15 is 0 Å². The summed E-state index contributed by atoms with van der Waals surface area (Å²) >= 11 is 0. The molecule has 2 aliphatic heterocycles. The average Bonchev–Trinajstić information content (AvgIpc) is 3.24. The van der Waals surface area contributed by atoms with E-state index < -0.39 is 0 Å². The third-order valence-electron chi connectivity index (χ3n) is 5.14. The zero-order valence-electron chi connectivity index (χ0n) is 15.8. The fourth-order valence-electron chi connectivity index (χ4n) is 3.65. The van der Waals surface area contributed by atoms with Crippen molar-refractivity contribution < 1.29 is 14.3 Å². The number of aryl methyl sites for hydroxylation is 1. The smallest absolute Gasteiger partial charge is 0.410 e. The van der Waals surface area contributed by atoms with Crippen molar-refractivity contribution in [3.8, 4) is 0 Å². The topological polar surface area (TPSA) is 70.9 Å². The maximum atomic E-state index is 12.4. The van der Waals surface area contributed by atoms with Crippen molar-refractivity contribution in [3.05, 3.63) is 18.2 Å². The Morgan fingerprint density at radius 3 is 2.73 bits per heavy atom. The number of aromatic nitrogens is 2. The molecule has 2 aliphatic rings. The maximum absolute atomic E-state index is 12.4. The van der Waals surface area contributed by atoms with E-state index in [0.29, 0.717) is 19.1 Å². The molecule has 0 atom stereocenters. The SMILES string of the molecule is CN(C)CCCn1ccnc1C1CCN(C(=O)CN2CCOC2=O)CC1. The molecule has 3 heterocycles. The highest BCUT2D eigenvalue weighted by molar-refractivity contribution is 5.83. The third kappa shape index (κ3) is 4.55. The van der Waals surface area contributed by atoms with Crippen LogP contribution in [0, 0.1) is 0 Å². The minimum absolute atomic E-state index is 0.0108. The van der Waals surface area contributed by atoms with Crippen LogP contribution in [-0.4, -0.2) is 89.7 Å². The minimum atomic E-state index is -0.381. The highest BCUT2D eigenvalue weighted by atomic mass is 16.6. The number of ether oxygens (including phenoxy) is 1. The van der Waals surface area contributed by atoms with Gasteiger partial charge in [0.25, 0.3) is 0 Å². The summed E-state index contributed by atoms with van der Waals surface area (Å²) < 4.78 is 7.14. The summed E-state index contributed by atoms with van der Waals surface area (Å²) in [4.78, 5) is 34.0. The van der Waals surface area contributed by atoms with Crippen LogP contribution in [0.1, 0.15) is 31.0 Å². The molecule has 1 aromatic rings. The molecule has 0 unspecified atom stereocenters. The lowest BCUT2D eigenvalue weighted by Crippen LogP contribution is -2.44. The molecule has 8 nitrogen and oxygen atoms in total. The summed E-state index contributed by atoms with van der Waals surface area (Å²) in [5.41, 5.74) is 0. The van der Waals surface area contributed by atoms with Gasteiger partial charge >= 0.3 is 6.09 Å². The van der Waals surface area contributed by atoms with E-state index in [1.807, 2.05) is 11.1 Å². The normalized spacial score (nSPS) is 18.7. The molecule has 2 amide bonds. The Labute approximate surface area is 154 Å². The second-order valence-corrected chi connectivity index (χ2v) is 7.33. The van der Waals surface area contributed by atoms with Crippen LogP contribution >= 0.6 is 0 Å². The van der Waals surface area contributed by atoms with Crippen LogP contribution in [0.5, 0.6) is 0 Å². The van der Waals surface area contributed by atoms with Gasteiger partial charge < -0.3 is 19.1 Å². The first-order valence-electron chi connectivity index (χ1n) is 9.40. The quantitative estimate of drug-likeness (QED) is 0.723. The van der Waals surface area contributed by atoms with E-state index in [-0.39, 0.29) is 18.5 Å². The summed E-state index contributed by atoms with van der Waals surface area (Å²) in [6, 6.07) is 0. The van der Waals surface area contributed by atoms with Gasteiger partial charge in [-0.2, -0.15) is 0 Å². The fourth-order valence-corrected chi connectivity index (χ4v) is 3.65. The van der Waals surface area contributed by atoms with Gasteiger partial charge in [-0.1, -0.05) is 0 Å². The molecular weight excluding hydrogens is 334 g/mol. The van der Waals surface area contributed by atoms with Gasteiger partial charge in [-0.25, -0.2) is 9.78 Å². The molecule has 0 saturated carbocycles. The van der Waals surface area contributed by atoms with Crippen molar-refractivity contribution in [2.45, 2.75) is 31.7 Å². The van der Waals surface area contributed by atoms with Gasteiger partial charge in [-0.15, -0.1) is 0 Å². The molecule has 3 rings (SSSR count). The number of carbonyl (C=O) groups excluding carboxylic acids is 2. The van der Waals surface area contributed by atoms with E-state index in [1.54, 1.807) is 0 Å². The Kier molecular flexibility index (Phi) is 6.13. The number of piperidine rings is 1. The molecule has 8 heteroatoms. The Morgan fingerprint density at radius 1 is 1.31 bits per heavy atom. The summed E-state index contributed by atoms with van der Waals surface area (Å²) in [7, 11) is 4.17. The van der Waals surface area contributed by atoms with Crippen LogP contribution in [0.25, 0.3) is 0 Å². The summed E-state index contributed by atoms with van der Waals surface area (Å²) in [6.07, 6.45) is 6.48. The van der Waals surface area contributed by atoms with E-state index in [0.717, 1.165) is 51.3 Å². The van der Waals surface area contributed by atoms with Gasteiger partial charge in [0.05, 0.1) is 6.54 Å². The van der Waals surface area contributed by atoms with E-state index in [4.69, 9.17) is 4.74 Å². The van der Waals surface area contributed by atoms with Gasteiger partial charge in [0.15, 0.2) is 0 Å². The first-order chi connectivity index (χ1) is 12.5. The van der Waals surface area contributed by atoms with Crippen molar-refractivity contribution in [1.29, 1.82) is 0 Å². The molecule has 0 bridgehead atoms. The summed E-state index contributed by atoms with van der Waals surface area (Å²) in [5.74, 6) is 1.54. The molecule has 0 aromatic carbocycles. The molecule has 0 aliphatic carbocycles. The number of imidazole rings is 1. The van der Waals surface area contributed by atoms with Crippen LogP contribution in [0.4, 0.5) is 4.79 Å². The zero-order valence-corrected chi connectivity index (χ0v) is 15.8. The lowest BCUT2D eigenvalue weighted by atomic mass is 9.95. The molecular formula is C18H29N5O3. The Bertz CT molecular complexity index is 622. The second kappa shape index (κ2) is 8.53. The van der Waals surface area contributed by atoms with Gasteiger partial charge in [0.1, 0.15) is 19.0 Å². The van der Waals surface area contributed by atoms with Gasteiger partial charge in [0.2, 0.25) is 5.91 Å². The lowest BCUT2D eigenvalue weighted by molar-refractivity contribution is -0.132. The number of hydrogen-bond acceptors (Lipinski definition) is 5. The zero-order chi connectivity index (χ0) is 18.5. The standard InChI is InChI=1S/C18H29N5O3/c1-20(2)7-3-8-22-11-6-19-17(22)15-4-9-21(10-5-15)16(24)14-23-12-13-26-18(23)25/h6,11,15H,3-5,7-10,12-14H2,1-2H3. The van der Waals surface area contributed by atoms with Crippen molar-refractivity contribution in [1.82, 2.24) is 24.3 Å². The Hall–Kier alpha value is -2.09. The molecule has 26 heavy (non-hydrogen) atoms. The van der Waals surface area contributed by atoms with Crippen LogP contribution < -0.4 is 0 Å². The fraction of sp³-hybridized carbons (Fsp3) is 0.722. The minimum Gasteiger partial charge on any atom is -0.448 e. The highest BCUT2D eigenvalue weighted by Gasteiger charge is 2.30. The number of likely N-dealkylation sites (tertiary alicyclic amines) is 1. The van der Waals surface area contributed by atoms with Crippen molar-refractivity contribution >= 4 is 12.0 Å². The monoisotopic (exact) mass is 363 g/mol. The highest BCUT2D eigenvalue weighted by Crippen LogP contribution is 2.27. The molecule has 2 fully saturated rings. The van der Waals surface area contributed by atoms with Gasteiger partial charge in [0, 0.05) is 37.9 Å². The predicted molar refractivity (Wildman–Crippen MR) is 96.9 cm³/mol. The maximum Gasteiger partial charge on any atom is 0.410 e. The lowest BCUT2D eigenvalue weighted by Gasteiger charge is -2.32. The second-order valence-electron chi connectivity index (χ2n) is 7.33. The molecule has 2 saturated heterocycles. The molecule has 0 N–H and O–H groups in total. The van der Waals surface area contributed by atoms with E-state index in [9.17, 15) is 9.59 Å². The number of carbonyl (C=O) groups is 2. The number of nitrogens with zero attached hydrogens (tertiary/aromatic N) is 5. The van der Waals surface area contributed by atoms with E-state index in [2.05, 4.69) is 34.7 Å². The van der Waals surface area contributed by atoms with Crippen LogP contribution in [-0.2, 0) is 16.1 Å². The number of cyclic esters (lactones) is 1. The van der Waals surface area contributed by atoms with Crippen LogP contribution in [0.3, 0.4) is 0 Å². The van der Waals surface area contributed by atoms with Gasteiger partial charge in [-0.05, 0) is 39.9 Å². The van der Waals surface area contributed by atoms with Crippen LogP contribution in [0.2, 0.25) is 0 Å². The molecule has 0 spiro atoms. The first-order valence-corrected chi connectivity index (χ1v) is 9.40. The van der Waals surface area contributed by atoms with Crippen LogP contribution in [0.15, 0.2) is 12.4 Å². The molecule has 144 valence electrons. The predicted octanol–water partition coefficient (Wildman–Crippen LogP) is 0.993. The number of rotatable bonds is 7. The number of amides is 2. The average molecular weight is 363 g/mol. The Balaban J connectivity index is 1.48. The van der Waals surface area contributed by atoms with Crippen molar-refractivity contribution in [2.24, 2.45) is 0 Å². The largest absolute Gasteiger partial charge is 0.448 e. The third-order valence-corrected chi connectivity index (χ3v) is 5.14. The first kappa shape index (κ1) is 18.7. The van der Waals surface area contributed by atoms with Crippen molar-refractivity contribution in [2.75, 3.05) is 53.4 Å². The Morgan fingerprint density at radius 2 is 2.08 bits per heavy atom. The molecule has 0 radical (unpaired) electrons. The van der Waals surface area contributed by atoms with Crippen molar-refractivity contribution in [3.63, 3.8) is 0 Å². The summed E-state index contributed by atoms with van der Waals surface area (Å²) in [5, 5.41) is 0. The molecule has 1 aromatic heterocycles. The van der Waals surface area contributed by atoms with E-state index in [1.165, 1.54) is 4.90 Å².